The van der Waals surface area contributed by atoms with Crippen molar-refractivity contribution >= 4 is 11.8 Å². The molecule has 0 aromatic rings. The van der Waals surface area contributed by atoms with E-state index in [4.69, 9.17) is 5.11 Å². The molecule has 1 rings (SSSR count). The predicted molar refractivity (Wildman–Crippen MR) is 48.4 cm³/mol. The SMILES string of the molecule is CC1(C)CCCC(C(=O)C(=O)O)C1. The second-order valence-corrected chi connectivity index (χ2v) is 4.63. The van der Waals surface area contributed by atoms with Crippen LogP contribution in [0.1, 0.15) is 39.5 Å². The molecular weight excluding hydrogens is 168 g/mol. The maximum atomic E-state index is 11.2. The molecule has 1 aliphatic carbocycles. The molecule has 3 heteroatoms. The van der Waals surface area contributed by atoms with Crippen molar-refractivity contribution in [3.8, 4) is 0 Å². The Bertz CT molecular complexity index is 230. The van der Waals surface area contributed by atoms with Crippen LogP contribution in [0.5, 0.6) is 0 Å². The molecule has 1 unspecified atom stereocenters. The van der Waals surface area contributed by atoms with Gasteiger partial charge in [0.15, 0.2) is 0 Å². The van der Waals surface area contributed by atoms with Gasteiger partial charge in [-0.3, -0.25) is 4.79 Å². The number of hydrogen-bond donors (Lipinski definition) is 1. The fraction of sp³-hybridized carbons (Fsp3) is 0.800. The van der Waals surface area contributed by atoms with E-state index in [2.05, 4.69) is 13.8 Å². The molecule has 0 radical (unpaired) electrons. The van der Waals surface area contributed by atoms with Gasteiger partial charge in [0, 0.05) is 5.92 Å². The zero-order valence-electron chi connectivity index (χ0n) is 8.17. The minimum Gasteiger partial charge on any atom is -0.475 e. The monoisotopic (exact) mass is 184 g/mol. The van der Waals surface area contributed by atoms with Crippen LogP contribution in [-0.4, -0.2) is 16.9 Å². The van der Waals surface area contributed by atoms with Crippen LogP contribution >= 0.6 is 0 Å². The molecule has 1 fully saturated rings. The van der Waals surface area contributed by atoms with Gasteiger partial charge in [0.2, 0.25) is 5.78 Å². The molecule has 0 aromatic carbocycles. The van der Waals surface area contributed by atoms with Crippen LogP contribution < -0.4 is 0 Å². The van der Waals surface area contributed by atoms with Crippen molar-refractivity contribution in [2.24, 2.45) is 11.3 Å². The molecule has 0 spiro atoms. The lowest BCUT2D eigenvalue weighted by Crippen LogP contribution is -2.31. The van der Waals surface area contributed by atoms with Crippen molar-refractivity contribution in [1.82, 2.24) is 0 Å². The quantitative estimate of drug-likeness (QED) is 0.666. The smallest absolute Gasteiger partial charge is 0.372 e. The van der Waals surface area contributed by atoms with Crippen molar-refractivity contribution in [2.45, 2.75) is 39.5 Å². The summed E-state index contributed by atoms with van der Waals surface area (Å²) in [6.07, 6.45) is 3.53. The van der Waals surface area contributed by atoms with Crippen molar-refractivity contribution in [1.29, 1.82) is 0 Å². The number of aliphatic carboxylic acids is 1. The number of carbonyl (C=O) groups is 2. The number of Topliss-reactive ketones (excluding diaryl/α,β-unsaturated/α-hetero) is 1. The standard InChI is InChI=1S/C10H16O3/c1-10(2)5-3-4-7(6-10)8(11)9(12)13/h7H,3-6H2,1-2H3,(H,12,13). The van der Waals surface area contributed by atoms with Crippen LogP contribution in [0.2, 0.25) is 0 Å². The molecule has 1 saturated carbocycles. The summed E-state index contributed by atoms with van der Waals surface area (Å²) >= 11 is 0. The number of carboxylic acids is 1. The predicted octanol–water partition coefficient (Wildman–Crippen LogP) is 1.86. The summed E-state index contributed by atoms with van der Waals surface area (Å²) < 4.78 is 0. The average Bonchev–Trinajstić information content (AvgIpc) is 2.01. The minimum atomic E-state index is -1.28. The summed E-state index contributed by atoms with van der Waals surface area (Å²) in [7, 11) is 0. The normalized spacial score (nSPS) is 26.8. The highest BCUT2D eigenvalue weighted by Crippen LogP contribution is 2.38. The summed E-state index contributed by atoms with van der Waals surface area (Å²) in [4.78, 5) is 21.6. The van der Waals surface area contributed by atoms with Crippen molar-refractivity contribution in [3.63, 3.8) is 0 Å². The van der Waals surface area contributed by atoms with E-state index in [-0.39, 0.29) is 11.3 Å². The number of hydrogen-bond acceptors (Lipinski definition) is 2. The first-order valence-electron chi connectivity index (χ1n) is 4.69. The Hall–Kier alpha value is -0.860. The maximum absolute atomic E-state index is 11.2. The van der Waals surface area contributed by atoms with Crippen LogP contribution in [0.4, 0.5) is 0 Å². The Morgan fingerprint density at radius 1 is 1.38 bits per heavy atom. The Labute approximate surface area is 78.1 Å². The first-order chi connectivity index (χ1) is 5.92. The van der Waals surface area contributed by atoms with Gasteiger partial charge in [-0.2, -0.15) is 0 Å². The molecule has 1 aliphatic rings. The third-order valence-electron chi connectivity index (χ3n) is 2.79. The highest BCUT2D eigenvalue weighted by atomic mass is 16.4. The molecule has 0 aromatic heterocycles. The first-order valence-corrected chi connectivity index (χ1v) is 4.69. The number of ketones is 1. The van der Waals surface area contributed by atoms with Gasteiger partial charge < -0.3 is 5.11 Å². The van der Waals surface area contributed by atoms with E-state index in [1.165, 1.54) is 0 Å². The fourth-order valence-electron chi connectivity index (χ4n) is 2.10. The maximum Gasteiger partial charge on any atom is 0.372 e. The van der Waals surface area contributed by atoms with Crippen LogP contribution in [0.15, 0.2) is 0 Å². The van der Waals surface area contributed by atoms with Gasteiger partial charge in [-0.25, -0.2) is 4.79 Å². The van der Waals surface area contributed by atoms with E-state index >= 15 is 0 Å². The second-order valence-electron chi connectivity index (χ2n) is 4.63. The van der Waals surface area contributed by atoms with Crippen LogP contribution in [0, 0.1) is 11.3 Å². The molecule has 0 amide bonds. The lowest BCUT2D eigenvalue weighted by Gasteiger charge is -2.33. The molecule has 0 bridgehead atoms. The third-order valence-corrected chi connectivity index (χ3v) is 2.79. The molecule has 0 saturated heterocycles. The minimum absolute atomic E-state index is 0.133. The summed E-state index contributed by atoms with van der Waals surface area (Å²) in [6, 6.07) is 0. The average molecular weight is 184 g/mol. The summed E-state index contributed by atoms with van der Waals surface area (Å²) in [5.74, 6) is -2.13. The molecule has 0 heterocycles. The zero-order valence-corrected chi connectivity index (χ0v) is 8.17. The summed E-state index contributed by atoms with van der Waals surface area (Å²) in [5, 5.41) is 8.55. The first kappa shape index (κ1) is 10.2. The van der Waals surface area contributed by atoms with Crippen LogP contribution in [0.3, 0.4) is 0 Å². The van der Waals surface area contributed by atoms with Crippen LogP contribution in [-0.2, 0) is 9.59 Å². The Balaban J connectivity index is 2.62. The van der Waals surface area contributed by atoms with Gasteiger partial charge in [-0.1, -0.05) is 20.3 Å². The van der Waals surface area contributed by atoms with Crippen molar-refractivity contribution < 1.29 is 14.7 Å². The molecule has 1 atom stereocenters. The highest BCUT2D eigenvalue weighted by molar-refractivity contribution is 6.33. The van der Waals surface area contributed by atoms with E-state index in [0.717, 1.165) is 25.7 Å². The van der Waals surface area contributed by atoms with E-state index in [1.54, 1.807) is 0 Å². The third kappa shape index (κ3) is 2.54. The highest BCUT2D eigenvalue weighted by Gasteiger charge is 2.34. The number of carboxylic acid groups (broad SMARTS) is 1. The van der Waals surface area contributed by atoms with Gasteiger partial charge in [-0.15, -0.1) is 0 Å². The molecule has 1 N–H and O–H groups in total. The van der Waals surface area contributed by atoms with E-state index in [9.17, 15) is 9.59 Å². The van der Waals surface area contributed by atoms with Gasteiger partial charge >= 0.3 is 5.97 Å². The van der Waals surface area contributed by atoms with Gasteiger partial charge in [0.1, 0.15) is 0 Å². The molecule has 3 nitrogen and oxygen atoms in total. The van der Waals surface area contributed by atoms with Gasteiger partial charge in [-0.05, 0) is 24.7 Å². The summed E-state index contributed by atoms with van der Waals surface area (Å²) in [6.45, 7) is 4.18. The number of rotatable bonds is 2. The van der Waals surface area contributed by atoms with Gasteiger partial charge in [0.05, 0.1) is 0 Å². The van der Waals surface area contributed by atoms with E-state index in [0.29, 0.717) is 0 Å². The zero-order chi connectivity index (χ0) is 10.1. The molecular formula is C10H16O3. The largest absolute Gasteiger partial charge is 0.475 e. The Morgan fingerprint density at radius 2 is 2.00 bits per heavy atom. The lowest BCUT2D eigenvalue weighted by molar-refractivity contribution is -0.152. The van der Waals surface area contributed by atoms with Crippen molar-refractivity contribution in [3.05, 3.63) is 0 Å². The van der Waals surface area contributed by atoms with Crippen LogP contribution in [0.25, 0.3) is 0 Å². The van der Waals surface area contributed by atoms with Crippen molar-refractivity contribution in [2.75, 3.05) is 0 Å². The Kier molecular flexibility index (Phi) is 2.74. The topological polar surface area (TPSA) is 54.4 Å². The molecule has 13 heavy (non-hydrogen) atoms. The second kappa shape index (κ2) is 3.48. The summed E-state index contributed by atoms with van der Waals surface area (Å²) in [5.41, 5.74) is 0.133. The Morgan fingerprint density at radius 3 is 2.46 bits per heavy atom. The van der Waals surface area contributed by atoms with E-state index in [1.807, 2.05) is 0 Å². The van der Waals surface area contributed by atoms with Gasteiger partial charge in [0.25, 0.3) is 0 Å². The fourth-order valence-corrected chi connectivity index (χ4v) is 2.10. The lowest BCUT2D eigenvalue weighted by atomic mass is 9.71. The molecule has 0 aliphatic heterocycles. The molecule has 74 valence electrons. The van der Waals surface area contributed by atoms with E-state index < -0.39 is 11.8 Å². The number of carbonyl (C=O) groups excluding carboxylic acids is 1.